The Morgan fingerprint density at radius 2 is 2.15 bits per heavy atom. The molecular weight excluding hydrogens is 363 g/mol. The number of aliphatic imine (C=N–C) groups is 1. The largest absolute Gasteiger partial charge is 0.381 e. The quantitative estimate of drug-likeness (QED) is 0.500. The standard InChI is InChI=1S/C20H29FN4OS/c1-3-27-20(7-10-26-11-8-20)14-25-19(22-2)23-9-6-15-13-24-18-5-4-16(21)12-17(15)18/h4-5,12-13,24H,3,6-11,14H2,1-2H3,(H2,22,23,25). The summed E-state index contributed by atoms with van der Waals surface area (Å²) in [6.45, 7) is 5.49. The van der Waals surface area contributed by atoms with Gasteiger partial charge in [0.1, 0.15) is 5.82 Å². The van der Waals surface area contributed by atoms with Crippen LogP contribution in [0.4, 0.5) is 4.39 Å². The zero-order chi connectivity index (χ0) is 19.1. The van der Waals surface area contributed by atoms with E-state index in [4.69, 9.17) is 4.74 Å². The normalized spacial score (nSPS) is 17.2. The van der Waals surface area contributed by atoms with E-state index in [1.807, 2.05) is 18.0 Å². The van der Waals surface area contributed by atoms with Crippen molar-refractivity contribution in [3.8, 4) is 0 Å². The number of ether oxygens (including phenoxy) is 1. The minimum absolute atomic E-state index is 0.205. The molecule has 2 aromatic rings. The van der Waals surface area contributed by atoms with Crippen molar-refractivity contribution in [2.45, 2.75) is 30.9 Å². The number of benzene rings is 1. The van der Waals surface area contributed by atoms with Crippen LogP contribution in [-0.2, 0) is 11.2 Å². The molecule has 0 amide bonds. The van der Waals surface area contributed by atoms with Crippen LogP contribution in [0, 0.1) is 5.82 Å². The van der Waals surface area contributed by atoms with Gasteiger partial charge in [-0.05, 0) is 48.8 Å². The van der Waals surface area contributed by atoms with E-state index in [-0.39, 0.29) is 10.6 Å². The predicted molar refractivity (Wildman–Crippen MR) is 112 cm³/mol. The van der Waals surface area contributed by atoms with Gasteiger partial charge in [0.15, 0.2) is 5.96 Å². The molecule has 148 valence electrons. The summed E-state index contributed by atoms with van der Waals surface area (Å²) in [6, 6.07) is 4.85. The van der Waals surface area contributed by atoms with Gasteiger partial charge in [0.25, 0.3) is 0 Å². The second kappa shape index (κ2) is 9.46. The van der Waals surface area contributed by atoms with E-state index in [1.165, 1.54) is 6.07 Å². The molecule has 1 aromatic carbocycles. The fraction of sp³-hybridized carbons (Fsp3) is 0.550. The van der Waals surface area contributed by atoms with Crippen LogP contribution in [0.1, 0.15) is 25.3 Å². The summed E-state index contributed by atoms with van der Waals surface area (Å²) in [5.74, 6) is 1.71. The van der Waals surface area contributed by atoms with Crippen molar-refractivity contribution in [1.29, 1.82) is 0 Å². The fourth-order valence-electron chi connectivity index (χ4n) is 3.56. The molecule has 1 aliphatic heterocycles. The first-order valence-electron chi connectivity index (χ1n) is 9.57. The first-order valence-corrected chi connectivity index (χ1v) is 10.6. The molecule has 27 heavy (non-hydrogen) atoms. The Hall–Kier alpha value is -1.73. The number of hydrogen-bond donors (Lipinski definition) is 3. The van der Waals surface area contributed by atoms with E-state index in [0.717, 1.165) is 73.7 Å². The SMILES string of the molecule is CCSC1(CNC(=NC)NCCc2c[nH]c3ccc(F)cc23)CCOCC1. The summed E-state index contributed by atoms with van der Waals surface area (Å²) in [5.41, 5.74) is 2.07. The number of aromatic amines is 1. The molecule has 0 saturated carbocycles. The topological polar surface area (TPSA) is 61.4 Å². The molecule has 0 bridgehead atoms. The van der Waals surface area contributed by atoms with Gasteiger partial charge in [-0.3, -0.25) is 4.99 Å². The Balaban J connectivity index is 1.52. The van der Waals surface area contributed by atoms with Crippen molar-refractivity contribution in [2.75, 3.05) is 39.1 Å². The highest BCUT2D eigenvalue weighted by Gasteiger charge is 2.32. The van der Waals surface area contributed by atoms with Crippen LogP contribution in [0.3, 0.4) is 0 Å². The highest BCUT2D eigenvalue weighted by molar-refractivity contribution is 8.00. The lowest BCUT2D eigenvalue weighted by atomic mass is 9.99. The van der Waals surface area contributed by atoms with Gasteiger partial charge in [-0.2, -0.15) is 11.8 Å². The monoisotopic (exact) mass is 392 g/mol. The number of halogens is 1. The fourth-order valence-corrected chi connectivity index (χ4v) is 4.80. The van der Waals surface area contributed by atoms with Gasteiger partial charge in [-0.25, -0.2) is 4.39 Å². The van der Waals surface area contributed by atoms with Gasteiger partial charge in [-0.15, -0.1) is 0 Å². The van der Waals surface area contributed by atoms with E-state index < -0.39 is 0 Å². The van der Waals surface area contributed by atoms with Gasteiger partial charge < -0.3 is 20.4 Å². The lowest BCUT2D eigenvalue weighted by Crippen LogP contribution is -2.48. The predicted octanol–water partition coefficient (Wildman–Crippen LogP) is 3.32. The number of rotatable bonds is 7. The molecule has 7 heteroatoms. The average Bonchev–Trinajstić information content (AvgIpc) is 3.07. The van der Waals surface area contributed by atoms with Crippen LogP contribution in [0.5, 0.6) is 0 Å². The molecule has 1 fully saturated rings. The molecule has 0 atom stereocenters. The zero-order valence-corrected chi connectivity index (χ0v) is 16.9. The smallest absolute Gasteiger partial charge is 0.191 e. The molecule has 3 rings (SSSR count). The zero-order valence-electron chi connectivity index (χ0n) is 16.1. The van der Waals surface area contributed by atoms with Crippen molar-refractivity contribution >= 4 is 28.6 Å². The van der Waals surface area contributed by atoms with Crippen molar-refractivity contribution in [3.05, 3.63) is 35.8 Å². The van der Waals surface area contributed by atoms with E-state index >= 15 is 0 Å². The van der Waals surface area contributed by atoms with Crippen LogP contribution >= 0.6 is 11.8 Å². The average molecular weight is 393 g/mol. The third-order valence-corrected chi connectivity index (χ3v) is 6.53. The van der Waals surface area contributed by atoms with Gasteiger partial charge in [0.2, 0.25) is 0 Å². The number of H-pyrrole nitrogens is 1. The number of fused-ring (bicyclic) bond motifs is 1. The van der Waals surface area contributed by atoms with E-state index in [2.05, 4.69) is 27.5 Å². The second-order valence-electron chi connectivity index (χ2n) is 6.83. The third kappa shape index (κ3) is 5.17. The van der Waals surface area contributed by atoms with Crippen LogP contribution in [0.15, 0.2) is 29.4 Å². The number of guanidine groups is 1. The molecule has 0 aliphatic carbocycles. The molecule has 0 radical (unpaired) electrons. The maximum Gasteiger partial charge on any atom is 0.191 e. The number of nitrogens with zero attached hydrogens (tertiary/aromatic N) is 1. The molecular formula is C20H29FN4OS. The maximum absolute atomic E-state index is 13.5. The molecule has 1 aromatic heterocycles. The Morgan fingerprint density at radius 3 is 2.89 bits per heavy atom. The Kier molecular flexibility index (Phi) is 7.01. The summed E-state index contributed by atoms with van der Waals surface area (Å²) in [4.78, 5) is 7.54. The summed E-state index contributed by atoms with van der Waals surface area (Å²) in [6.07, 6.45) is 4.89. The summed E-state index contributed by atoms with van der Waals surface area (Å²) < 4.78 is 19.3. The summed E-state index contributed by atoms with van der Waals surface area (Å²) in [7, 11) is 1.79. The number of thioether (sulfide) groups is 1. The highest BCUT2D eigenvalue weighted by Crippen LogP contribution is 2.34. The maximum atomic E-state index is 13.5. The van der Waals surface area contributed by atoms with E-state index in [9.17, 15) is 4.39 Å². The van der Waals surface area contributed by atoms with Crippen LogP contribution < -0.4 is 10.6 Å². The van der Waals surface area contributed by atoms with Crippen molar-refractivity contribution in [2.24, 2.45) is 4.99 Å². The highest BCUT2D eigenvalue weighted by atomic mass is 32.2. The molecule has 3 N–H and O–H groups in total. The summed E-state index contributed by atoms with van der Waals surface area (Å²) in [5, 5.41) is 7.81. The van der Waals surface area contributed by atoms with Crippen LogP contribution in [0.2, 0.25) is 0 Å². The molecule has 1 saturated heterocycles. The number of nitrogens with one attached hydrogen (secondary N) is 3. The molecule has 2 heterocycles. The van der Waals surface area contributed by atoms with Crippen molar-refractivity contribution in [1.82, 2.24) is 15.6 Å². The number of aromatic nitrogens is 1. The second-order valence-corrected chi connectivity index (χ2v) is 8.57. The van der Waals surface area contributed by atoms with Crippen molar-refractivity contribution < 1.29 is 9.13 Å². The minimum atomic E-state index is -0.205. The van der Waals surface area contributed by atoms with E-state index in [1.54, 1.807) is 19.2 Å². The van der Waals surface area contributed by atoms with Gasteiger partial charge >= 0.3 is 0 Å². The summed E-state index contributed by atoms with van der Waals surface area (Å²) >= 11 is 2.01. The van der Waals surface area contributed by atoms with Gasteiger partial charge in [0, 0.05) is 55.2 Å². The molecule has 5 nitrogen and oxygen atoms in total. The third-order valence-electron chi connectivity index (χ3n) is 5.07. The van der Waals surface area contributed by atoms with Crippen LogP contribution in [-0.4, -0.2) is 54.8 Å². The van der Waals surface area contributed by atoms with Crippen LogP contribution in [0.25, 0.3) is 10.9 Å². The Morgan fingerprint density at radius 1 is 1.33 bits per heavy atom. The molecule has 0 spiro atoms. The lowest BCUT2D eigenvalue weighted by Gasteiger charge is -2.37. The number of hydrogen-bond acceptors (Lipinski definition) is 3. The first kappa shape index (κ1) is 20.0. The lowest BCUT2D eigenvalue weighted by molar-refractivity contribution is 0.0782. The first-order chi connectivity index (χ1) is 13.2. The van der Waals surface area contributed by atoms with Gasteiger partial charge in [0.05, 0.1) is 0 Å². The molecule has 1 aliphatic rings. The van der Waals surface area contributed by atoms with Gasteiger partial charge in [-0.1, -0.05) is 6.92 Å². The van der Waals surface area contributed by atoms with E-state index in [0.29, 0.717) is 0 Å². The van der Waals surface area contributed by atoms with Crippen molar-refractivity contribution in [3.63, 3.8) is 0 Å². The Labute approximate surface area is 164 Å². The minimum Gasteiger partial charge on any atom is -0.381 e. The Bertz CT molecular complexity index is 765. The molecule has 0 unspecified atom stereocenters.